The molecule has 26 heavy (non-hydrogen) atoms. The maximum absolute atomic E-state index is 5.61. The second-order valence-electron chi connectivity index (χ2n) is 7.45. The van der Waals surface area contributed by atoms with Crippen molar-refractivity contribution >= 4 is 6.66 Å². The van der Waals surface area contributed by atoms with Crippen LogP contribution >= 0.6 is 0 Å². The van der Waals surface area contributed by atoms with E-state index in [2.05, 4.69) is 58.7 Å². The Morgan fingerprint density at radius 2 is 1.92 bits per heavy atom. The van der Waals surface area contributed by atoms with E-state index in [0.29, 0.717) is 18.4 Å². The van der Waals surface area contributed by atoms with Crippen molar-refractivity contribution in [2.75, 3.05) is 7.11 Å². The molecule has 0 aromatic heterocycles. The molecule has 0 amide bonds. The minimum atomic E-state index is -0.207. The molecule has 0 saturated carbocycles. The second-order valence-corrected chi connectivity index (χ2v) is 17.8. The van der Waals surface area contributed by atoms with Gasteiger partial charge in [-0.05, 0) is 23.1 Å². The van der Waals surface area contributed by atoms with Gasteiger partial charge in [-0.3, -0.25) is 0 Å². The van der Waals surface area contributed by atoms with Crippen molar-refractivity contribution in [3.05, 3.63) is 70.9 Å². The Morgan fingerprint density at radius 1 is 1.23 bits per heavy atom. The van der Waals surface area contributed by atoms with Gasteiger partial charge in [0.15, 0.2) is 0 Å². The summed E-state index contributed by atoms with van der Waals surface area (Å²) >= 11 is 0.375. The van der Waals surface area contributed by atoms with Crippen LogP contribution in [-0.4, -0.2) is 13.8 Å². The van der Waals surface area contributed by atoms with Crippen molar-refractivity contribution in [1.82, 2.24) is 0 Å². The molecule has 0 unspecified atom stereocenters. The number of hydrogen-bond donors (Lipinski definition) is 0. The standard InChI is InChI=1S/C15H20O2.C5H5.C2H7Si.Ti/c1-6-12(15(2,3)4)11-17-14-9-7-8-13(10-14)16-5;1-2-4-5-3-1;1-3-2;/h6-11H,1H2,2-5H3;1-3H,4H2;3H,1-2H3;. The molecule has 2 rings (SSSR count). The van der Waals surface area contributed by atoms with E-state index >= 15 is 0 Å². The molecule has 0 bridgehead atoms. The Morgan fingerprint density at radius 3 is 2.42 bits per heavy atom. The van der Waals surface area contributed by atoms with E-state index in [9.17, 15) is 0 Å². The third kappa shape index (κ3) is 8.89. The van der Waals surface area contributed by atoms with Crippen LogP contribution in [0, 0.1) is 5.41 Å². The van der Waals surface area contributed by atoms with E-state index in [1.165, 1.54) is 6.42 Å². The normalized spacial score (nSPS) is 13.7. The molecule has 0 aliphatic heterocycles. The minimum absolute atomic E-state index is 0.0284. The second kappa shape index (κ2) is 11.4. The fourth-order valence-electron chi connectivity index (χ4n) is 2.26. The molecule has 1 aliphatic rings. The third-order valence-electron chi connectivity index (χ3n) is 3.69. The van der Waals surface area contributed by atoms with Gasteiger partial charge in [0.25, 0.3) is 0 Å². The predicted molar refractivity (Wildman–Crippen MR) is 112 cm³/mol. The maximum atomic E-state index is 5.61. The number of ether oxygens (including phenoxy) is 2. The first-order chi connectivity index (χ1) is 12.3. The van der Waals surface area contributed by atoms with Crippen molar-refractivity contribution in [3.63, 3.8) is 0 Å². The van der Waals surface area contributed by atoms with Crippen molar-refractivity contribution in [2.24, 2.45) is 5.41 Å². The summed E-state index contributed by atoms with van der Waals surface area (Å²) in [6, 6.07) is 7.52. The van der Waals surface area contributed by atoms with Crippen LogP contribution in [0.25, 0.3) is 0 Å². The van der Waals surface area contributed by atoms with E-state index in [-0.39, 0.29) is 12.1 Å². The Balaban J connectivity index is 0.000000314. The quantitative estimate of drug-likeness (QED) is 0.325. The first kappa shape index (κ1) is 22.8. The van der Waals surface area contributed by atoms with Crippen LogP contribution < -0.4 is 9.47 Å². The van der Waals surface area contributed by atoms with Gasteiger partial charge in [0, 0.05) is 6.07 Å². The van der Waals surface area contributed by atoms with Gasteiger partial charge < -0.3 is 9.47 Å². The molecule has 0 spiro atoms. The molecule has 0 heterocycles. The molecule has 1 aromatic rings. The summed E-state index contributed by atoms with van der Waals surface area (Å²) in [4.78, 5) is 0. The fraction of sp³-hybridized carbons (Fsp3) is 0.364. The summed E-state index contributed by atoms with van der Waals surface area (Å²) in [6.07, 6.45) is 11.6. The van der Waals surface area contributed by atoms with Gasteiger partial charge in [-0.15, -0.1) is 0 Å². The predicted octanol–water partition coefficient (Wildman–Crippen LogP) is 6.09. The van der Waals surface area contributed by atoms with E-state index in [1.807, 2.05) is 30.3 Å². The molecule has 0 atom stereocenters. The molecule has 0 saturated heterocycles. The summed E-state index contributed by atoms with van der Waals surface area (Å²) < 4.78 is 12.5. The Kier molecular flexibility index (Phi) is 10.0. The first-order valence-electron chi connectivity index (χ1n) is 9.02. The van der Waals surface area contributed by atoms with E-state index in [0.717, 1.165) is 17.1 Å². The fourth-order valence-corrected chi connectivity index (χ4v) is 8.03. The van der Waals surface area contributed by atoms with Crippen molar-refractivity contribution in [1.29, 1.82) is 0 Å². The van der Waals surface area contributed by atoms with Crippen LogP contribution in [0.1, 0.15) is 27.2 Å². The number of allylic oxidation sites excluding steroid dienone is 6. The number of benzene rings is 1. The number of methoxy groups -OCH3 is 1. The van der Waals surface area contributed by atoms with E-state index < -0.39 is 0 Å². The zero-order valence-electron chi connectivity index (χ0n) is 17.0. The Labute approximate surface area is 169 Å². The molecule has 4 heteroatoms. The zero-order valence-corrected chi connectivity index (χ0v) is 19.7. The van der Waals surface area contributed by atoms with Crippen molar-refractivity contribution in [3.8, 4) is 11.5 Å². The molecular formula is C22H32O2SiTi. The van der Waals surface area contributed by atoms with Crippen molar-refractivity contribution in [2.45, 2.75) is 40.3 Å². The van der Waals surface area contributed by atoms with E-state index in [1.54, 1.807) is 17.2 Å². The Hall–Kier alpha value is -1.29. The molecule has 1 aliphatic carbocycles. The van der Waals surface area contributed by atoms with Gasteiger partial charge >= 0.3 is 66.7 Å². The molecular weight excluding hydrogens is 372 g/mol. The summed E-state index contributed by atoms with van der Waals surface area (Å²) in [7, 11) is 1.64. The molecule has 2 nitrogen and oxygen atoms in total. The number of rotatable bonds is 6. The van der Waals surface area contributed by atoms with Crippen LogP contribution in [0.2, 0.25) is 13.1 Å². The SMILES string of the molecule is C=CC(=COc1cccc(OC)c1)C(C)(C)C.C[SiH](C)[Ti][C]1=CC=CC1. The summed E-state index contributed by atoms with van der Waals surface area (Å²) in [5.74, 6) is 1.54. The van der Waals surface area contributed by atoms with Gasteiger partial charge in [-0.2, -0.15) is 0 Å². The van der Waals surface area contributed by atoms with Crippen LogP contribution in [0.15, 0.2) is 70.9 Å². The summed E-state index contributed by atoms with van der Waals surface area (Å²) in [5, 5.41) is 0. The van der Waals surface area contributed by atoms with E-state index in [4.69, 9.17) is 9.47 Å². The average molecular weight is 404 g/mol. The van der Waals surface area contributed by atoms with Gasteiger partial charge in [-0.25, -0.2) is 0 Å². The van der Waals surface area contributed by atoms with Crippen LogP contribution in [0.3, 0.4) is 0 Å². The van der Waals surface area contributed by atoms with Crippen LogP contribution in [0.5, 0.6) is 11.5 Å². The molecule has 0 N–H and O–H groups in total. The number of hydrogen-bond acceptors (Lipinski definition) is 2. The average Bonchev–Trinajstić information content (AvgIpc) is 3.07. The molecule has 0 fully saturated rings. The third-order valence-corrected chi connectivity index (χ3v) is 9.66. The monoisotopic (exact) mass is 404 g/mol. The van der Waals surface area contributed by atoms with Crippen LogP contribution in [0.4, 0.5) is 0 Å². The molecule has 140 valence electrons. The topological polar surface area (TPSA) is 18.5 Å². The van der Waals surface area contributed by atoms with Crippen molar-refractivity contribution < 1.29 is 27.9 Å². The molecule has 0 radical (unpaired) electrons. The van der Waals surface area contributed by atoms with Gasteiger partial charge in [-0.1, -0.05) is 39.5 Å². The van der Waals surface area contributed by atoms with Gasteiger partial charge in [0.1, 0.15) is 11.5 Å². The van der Waals surface area contributed by atoms with Gasteiger partial charge in [0.05, 0.1) is 13.4 Å². The first-order valence-corrected chi connectivity index (χ1v) is 15.4. The van der Waals surface area contributed by atoms with Gasteiger partial charge in [0.2, 0.25) is 0 Å². The summed E-state index contributed by atoms with van der Waals surface area (Å²) in [5.41, 5.74) is 1.08. The zero-order chi connectivity index (χ0) is 19.6. The summed E-state index contributed by atoms with van der Waals surface area (Å²) in [6.45, 7) is 14.9. The Bertz CT molecular complexity index is 667. The van der Waals surface area contributed by atoms with Crippen LogP contribution in [-0.2, 0) is 18.4 Å². The molecule has 1 aromatic carbocycles.